The topological polar surface area (TPSA) is 46.5 Å². The van der Waals surface area contributed by atoms with E-state index in [0.29, 0.717) is 0 Å². The molecule has 1 aromatic rings. The molecule has 0 aliphatic rings. The minimum atomic E-state index is -1.51. The fraction of sp³-hybridized carbons (Fsp3) is 0.588. The molecule has 1 aromatic carbocycles. The second kappa shape index (κ2) is 5.96. The molecular formula is C17H26O3. The molecule has 0 spiro atoms. The molecule has 0 aliphatic carbocycles. The van der Waals surface area contributed by atoms with Gasteiger partial charge in [-0.3, -0.25) is 0 Å². The van der Waals surface area contributed by atoms with Crippen LogP contribution in [0.5, 0.6) is 0 Å². The summed E-state index contributed by atoms with van der Waals surface area (Å²) in [6, 6.07) is 8.04. The van der Waals surface area contributed by atoms with Crippen LogP contribution in [0.4, 0.5) is 0 Å². The number of rotatable bonds is 4. The van der Waals surface area contributed by atoms with E-state index >= 15 is 0 Å². The Morgan fingerprint density at radius 3 is 2.10 bits per heavy atom. The van der Waals surface area contributed by atoms with Gasteiger partial charge in [0.25, 0.3) is 0 Å². The highest BCUT2D eigenvalue weighted by molar-refractivity contribution is 5.80. The van der Waals surface area contributed by atoms with E-state index < -0.39 is 11.6 Å². The molecule has 112 valence electrons. The van der Waals surface area contributed by atoms with Crippen molar-refractivity contribution in [2.45, 2.75) is 58.5 Å². The SMILES string of the molecule is CCOC(=O)C(C)(O)C(C)c1ccc(C(C)(C)C)cc1. The zero-order valence-electron chi connectivity index (χ0n) is 13.4. The van der Waals surface area contributed by atoms with Gasteiger partial charge in [-0.1, -0.05) is 52.0 Å². The standard InChI is InChI=1S/C17H26O3/c1-7-20-15(18)17(6,19)12(2)13-8-10-14(11-9-13)16(3,4)5/h8-12,19H,7H2,1-6H3. The molecule has 0 aliphatic heterocycles. The summed E-state index contributed by atoms with van der Waals surface area (Å²) < 4.78 is 4.94. The van der Waals surface area contributed by atoms with Crippen LogP contribution in [0, 0.1) is 0 Å². The van der Waals surface area contributed by atoms with E-state index in [-0.39, 0.29) is 17.9 Å². The average Bonchev–Trinajstić information content (AvgIpc) is 2.37. The van der Waals surface area contributed by atoms with Gasteiger partial charge in [0.05, 0.1) is 6.61 Å². The monoisotopic (exact) mass is 278 g/mol. The molecular weight excluding hydrogens is 252 g/mol. The third kappa shape index (κ3) is 3.60. The Hall–Kier alpha value is -1.35. The minimum Gasteiger partial charge on any atom is -0.464 e. The normalized spacial score (nSPS) is 16.4. The molecule has 1 N–H and O–H groups in total. The van der Waals surface area contributed by atoms with E-state index in [1.54, 1.807) is 6.92 Å². The van der Waals surface area contributed by atoms with Crippen molar-refractivity contribution in [1.82, 2.24) is 0 Å². The van der Waals surface area contributed by atoms with Crippen LogP contribution in [0.15, 0.2) is 24.3 Å². The van der Waals surface area contributed by atoms with Crippen LogP contribution in [0.25, 0.3) is 0 Å². The van der Waals surface area contributed by atoms with Crippen molar-refractivity contribution >= 4 is 5.97 Å². The van der Waals surface area contributed by atoms with Gasteiger partial charge in [-0.2, -0.15) is 0 Å². The Balaban J connectivity index is 2.97. The number of esters is 1. The summed E-state index contributed by atoms with van der Waals surface area (Å²) in [6.45, 7) is 11.8. The fourth-order valence-electron chi connectivity index (χ4n) is 2.05. The average molecular weight is 278 g/mol. The quantitative estimate of drug-likeness (QED) is 0.859. The van der Waals surface area contributed by atoms with Crippen molar-refractivity contribution in [2.24, 2.45) is 0 Å². The fourth-order valence-corrected chi connectivity index (χ4v) is 2.05. The molecule has 3 nitrogen and oxygen atoms in total. The van der Waals surface area contributed by atoms with E-state index in [9.17, 15) is 9.90 Å². The molecule has 0 saturated heterocycles. The number of benzene rings is 1. The molecule has 20 heavy (non-hydrogen) atoms. The van der Waals surface area contributed by atoms with Gasteiger partial charge in [0, 0.05) is 5.92 Å². The highest BCUT2D eigenvalue weighted by atomic mass is 16.5. The summed E-state index contributed by atoms with van der Waals surface area (Å²) in [5, 5.41) is 10.4. The lowest BCUT2D eigenvalue weighted by Gasteiger charge is -2.29. The van der Waals surface area contributed by atoms with Crippen molar-refractivity contribution in [3.63, 3.8) is 0 Å². The number of carbonyl (C=O) groups is 1. The molecule has 0 amide bonds. The summed E-state index contributed by atoms with van der Waals surface area (Å²) in [7, 11) is 0. The Morgan fingerprint density at radius 2 is 1.70 bits per heavy atom. The Kier molecular flexibility index (Phi) is 4.98. The molecule has 3 heteroatoms. The van der Waals surface area contributed by atoms with Gasteiger partial charge in [-0.25, -0.2) is 4.79 Å². The smallest absolute Gasteiger partial charge is 0.338 e. The third-order valence-corrected chi connectivity index (χ3v) is 3.81. The van der Waals surface area contributed by atoms with E-state index in [4.69, 9.17) is 4.74 Å². The first kappa shape index (κ1) is 16.7. The van der Waals surface area contributed by atoms with E-state index in [1.807, 2.05) is 31.2 Å². The lowest BCUT2D eigenvalue weighted by Crippen LogP contribution is -2.41. The molecule has 2 unspecified atom stereocenters. The van der Waals surface area contributed by atoms with Gasteiger partial charge in [0.1, 0.15) is 0 Å². The van der Waals surface area contributed by atoms with Gasteiger partial charge in [0.15, 0.2) is 5.60 Å². The van der Waals surface area contributed by atoms with Crippen LogP contribution in [0.1, 0.15) is 58.6 Å². The van der Waals surface area contributed by atoms with E-state index in [2.05, 4.69) is 20.8 Å². The second-order valence-electron chi connectivity index (χ2n) is 6.46. The first-order valence-corrected chi connectivity index (χ1v) is 7.10. The molecule has 2 atom stereocenters. The zero-order chi connectivity index (χ0) is 15.6. The first-order chi connectivity index (χ1) is 9.10. The molecule has 0 bridgehead atoms. The maximum atomic E-state index is 11.8. The molecule has 0 radical (unpaired) electrons. The van der Waals surface area contributed by atoms with Gasteiger partial charge in [0.2, 0.25) is 0 Å². The van der Waals surface area contributed by atoms with Crippen LogP contribution >= 0.6 is 0 Å². The van der Waals surface area contributed by atoms with Crippen LogP contribution in [0.3, 0.4) is 0 Å². The van der Waals surface area contributed by atoms with Crippen LogP contribution in [0.2, 0.25) is 0 Å². The summed E-state index contributed by atoms with van der Waals surface area (Å²) in [6.07, 6.45) is 0. The van der Waals surface area contributed by atoms with Crippen LogP contribution in [-0.4, -0.2) is 23.3 Å². The Morgan fingerprint density at radius 1 is 1.20 bits per heavy atom. The van der Waals surface area contributed by atoms with Crippen molar-refractivity contribution in [3.05, 3.63) is 35.4 Å². The predicted octanol–water partition coefficient (Wildman–Crippen LogP) is 3.40. The van der Waals surface area contributed by atoms with Gasteiger partial charge >= 0.3 is 5.97 Å². The van der Waals surface area contributed by atoms with Crippen molar-refractivity contribution in [3.8, 4) is 0 Å². The third-order valence-electron chi connectivity index (χ3n) is 3.81. The summed E-state index contributed by atoms with van der Waals surface area (Å²) >= 11 is 0. The predicted molar refractivity (Wildman–Crippen MR) is 80.8 cm³/mol. The van der Waals surface area contributed by atoms with Gasteiger partial charge in [-0.05, 0) is 30.4 Å². The zero-order valence-corrected chi connectivity index (χ0v) is 13.4. The maximum absolute atomic E-state index is 11.8. The van der Waals surface area contributed by atoms with Crippen molar-refractivity contribution in [1.29, 1.82) is 0 Å². The number of carbonyl (C=O) groups excluding carboxylic acids is 1. The summed E-state index contributed by atoms with van der Waals surface area (Å²) in [5.41, 5.74) is 0.727. The lowest BCUT2D eigenvalue weighted by atomic mass is 9.82. The largest absolute Gasteiger partial charge is 0.464 e. The summed E-state index contributed by atoms with van der Waals surface area (Å²) in [4.78, 5) is 11.8. The highest BCUT2D eigenvalue weighted by Gasteiger charge is 2.38. The molecule has 0 aromatic heterocycles. The van der Waals surface area contributed by atoms with E-state index in [0.717, 1.165) is 5.56 Å². The Bertz CT molecular complexity index is 452. The first-order valence-electron chi connectivity index (χ1n) is 7.10. The van der Waals surface area contributed by atoms with E-state index in [1.165, 1.54) is 12.5 Å². The molecule has 1 rings (SSSR count). The molecule has 0 heterocycles. The molecule has 0 fully saturated rings. The van der Waals surface area contributed by atoms with Crippen molar-refractivity contribution in [2.75, 3.05) is 6.61 Å². The maximum Gasteiger partial charge on any atom is 0.338 e. The summed E-state index contributed by atoms with van der Waals surface area (Å²) in [5.74, 6) is -0.900. The van der Waals surface area contributed by atoms with Gasteiger partial charge < -0.3 is 9.84 Å². The van der Waals surface area contributed by atoms with Crippen molar-refractivity contribution < 1.29 is 14.6 Å². The van der Waals surface area contributed by atoms with Crippen LogP contribution in [-0.2, 0) is 14.9 Å². The number of ether oxygens (including phenoxy) is 1. The van der Waals surface area contributed by atoms with Gasteiger partial charge in [-0.15, -0.1) is 0 Å². The number of aliphatic hydroxyl groups is 1. The Labute approximate surface area is 122 Å². The second-order valence-corrected chi connectivity index (χ2v) is 6.46. The lowest BCUT2D eigenvalue weighted by molar-refractivity contribution is -0.165. The minimum absolute atomic E-state index is 0.0887. The molecule has 0 saturated carbocycles. The number of hydrogen-bond acceptors (Lipinski definition) is 3. The van der Waals surface area contributed by atoms with Crippen LogP contribution < -0.4 is 0 Å². The highest BCUT2D eigenvalue weighted by Crippen LogP contribution is 2.31. The number of hydrogen-bond donors (Lipinski definition) is 1.